The smallest absolute Gasteiger partial charge is 0.479 e. The molecule has 5 aromatic rings. The zero-order valence-electron chi connectivity index (χ0n) is 39.6. The molecule has 8 heterocycles. The van der Waals surface area contributed by atoms with Gasteiger partial charge in [0, 0.05) is 39.0 Å². The summed E-state index contributed by atoms with van der Waals surface area (Å²) in [6, 6.07) is 0.907. The Morgan fingerprint density at radius 1 is 0.908 bits per heavy atom. The van der Waals surface area contributed by atoms with Crippen LogP contribution < -0.4 is 37.7 Å². The second-order valence-electron chi connectivity index (χ2n) is 17.1. The Kier molecular flexibility index (Phi) is 16.7. The number of aromatic nitrogens is 10. The molecule has 8 rings (SSSR count). The number of nitrogen functional groups attached to an aromatic ring is 2. The lowest BCUT2D eigenvalue weighted by molar-refractivity contribution is -0.745. The van der Waals surface area contributed by atoms with Crippen LogP contribution in [0.4, 0.5) is 11.8 Å². The maximum Gasteiger partial charge on any atom is 0.479 e. The highest BCUT2D eigenvalue weighted by Crippen LogP contribution is 2.62. The summed E-state index contributed by atoms with van der Waals surface area (Å²) in [5.74, 6) is -1.86. The topological polar surface area (TPSA) is 510 Å². The van der Waals surface area contributed by atoms with Crippen LogP contribution in [0.1, 0.15) is 25.1 Å². The number of fused-ring (bicyclic) bond motifs is 2. The number of H-pyrrole nitrogens is 2. The number of aliphatic hydroxyl groups excluding tert-OH is 3. The quantitative estimate of drug-likeness (QED) is 0.0182. The number of methoxy groups -OCH3 is 2. The van der Waals surface area contributed by atoms with Crippen molar-refractivity contribution in [3.63, 3.8) is 0 Å². The van der Waals surface area contributed by atoms with Gasteiger partial charge in [-0.2, -0.15) is 0 Å². The van der Waals surface area contributed by atoms with Crippen LogP contribution in [0, 0.1) is 5.92 Å². The molecule has 0 bridgehead atoms. The van der Waals surface area contributed by atoms with E-state index in [9.17, 15) is 67.5 Å². The van der Waals surface area contributed by atoms with Gasteiger partial charge in [-0.15, -0.1) is 0 Å². The molecule has 3 saturated heterocycles. The summed E-state index contributed by atoms with van der Waals surface area (Å²) in [5, 5.41) is 32.5. The molecule has 15 atom stereocenters. The standard InChI is InChI=1S/C36H50N12O24P4/c1-45-15-48(30-22(45)31(53)44-35(38)43-30)32-23(50)16(5-7-63-2)17(68-32)10-65-73(55,56)8-9-74(57,58)72-76(61,62)67-12-19-26(27(64-3)34(70-19)47-14-41-21-28(37)39-13-40-29(21)47)71-75(59,60)66-11-18-24(51)25(52)33(69-18)46-6-4-20(49)42-36(46)54/h4,6,11,13-17,19,23-27,32-34,50-52H,5,7-10,12H2,1-3H3,(H9-,37,38,39,40,42,43,44,49,53,54,55,56,57,58,59,60,61,62)/b18-11-/t16-,17-,19-,23-,24-,25-,26-,27-,32-,33-,34-/m1/s1. The van der Waals surface area contributed by atoms with Gasteiger partial charge < -0.3 is 83.6 Å². The van der Waals surface area contributed by atoms with Gasteiger partial charge in [0.2, 0.25) is 18.0 Å². The fourth-order valence-corrected chi connectivity index (χ4v) is 14.0. The van der Waals surface area contributed by atoms with E-state index < -0.39 is 146 Å². The fraction of sp³-hybridized carbons (Fsp3) is 0.556. The van der Waals surface area contributed by atoms with Gasteiger partial charge >= 0.3 is 42.2 Å². The lowest BCUT2D eigenvalue weighted by Gasteiger charge is -2.30. The number of hydrogen-bond donors (Lipinski definition) is 10. The van der Waals surface area contributed by atoms with Gasteiger partial charge in [-0.3, -0.25) is 51.5 Å². The number of aryl methyl sites for hydroxylation is 1. The van der Waals surface area contributed by atoms with Crippen molar-refractivity contribution in [3.8, 4) is 0 Å². The number of nitrogens with zero attached hydrogens (tertiary/aromatic N) is 8. The first-order valence-electron chi connectivity index (χ1n) is 22.1. The maximum absolute atomic E-state index is 13.4. The molecule has 3 aliphatic rings. The van der Waals surface area contributed by atoms with E-state index in [-0.39, 0.29) is 47.1 Å². The third kappa shape index (κ3) is 12.2. The van der Waals surface area contributed by atoms with E-state index >= 15 is 0 Å². The van der Waals surface area contributed by atoms with Gasteiger partial charge in [-0.05, 0) is 6.42 Å². The average molecular weight is 1160 g/mol. The van der Waals surface area contributed by atoms with E-state index in [0.717, 1.165) is 32.0 Å². The third-order valence-electron chi connectivity index (χ3n) is 12.0. The number of rotatable bonds is 22. The van der Waals surface area contributed by atoms with Gasteiger partial charge in [0.05, 0.1) is 45.0 Å². The van der Waals surface area contributed by atoms with Crippen molar-refractivity contribution in [2.24, 2.45) is 13.0 Å². The third-order valence-corrected chi connectivity index (χ3v) is 17.7. The summed E-state index contributed by atoms with van der Waals surface area (Å²) in [6.07, 6.45) is -13.4. The van der Waals surface area contributed by atoms with Crippen LogP contribution in [0.5, 0.6) is 0 Å². The van der Waals surface area contributed by atoms with Gasteiger partial charge in [-0.1, -0.05) is 4.98 Å². The van der Waals surface area contributed by atoms with Gasteiger partial charge in [0.1, 0.15) is 54.7 Å². The maximum atomic E-state index is 13.4. The molecule has 36 nitrogen and oxygen atoms in total. The summed E-state index contributed by atoms with van der Waals surface area (Å²) in [5.41, 5.74) is 9.46. The minimum Gasteiger partial charge on any atom is -0.746 e. The molecular formula is C36H50N12O24P4. The van der Waals surface area contributed by atoms with Crippen molar-refractivity contribution in [1.82, 2.24) is 43.6 Å². The normalized spacial score (nSPS) is 29.6. The number of imidazole rings is 2. The van der Waals surface area contributed by atoms with Crippen molar-refractivity contribution in [2.75, 3.05) is 57.8 Å². The monoisotopic (exact) mass is 1160 g/mol. The SMILES string of the molecule is COCC[C@H]1[C@@H](O)[C@H]([n+]2cn(C)c3c(=O)[nH]c(N)nc32)O[C@@H]1COP(=O)(O)CCP(=O)(O)OP(=O)(O)OC[C@H]1O[C@@H](n2cnc3c(N)ncnc32)[C@H](OC)[C@@H]1OP(=O)([O-])O/C=C1\O[C@@H](n2ccc(=O)[nH]c2=O)[C@H](O)[C@@H]1O. The number of nitrogens with two attached hydrogens (primary N) is 2. The lowest BCUT2D eigenvalue weighted by atomic mass is 9.95. The summed E-state index contributed by atoms with van der Waals surface area (Å²) in [7, 11) is -17.7. The molecule has 0 amide bonds. The predicted molar refractivity (Wildman–Crippen MR) is 248 cm³/mol. The van der Waals surface area contributed by atoms with Crippen molar-refractivity contribution in [2.45, 2.75) is 67.8 Å². The Morgan fingerprint density at radius 2 is 1.63 bits per heavy atom. The highest BCUT2D eigenvalue weighted by atomic mass is 31.3. The summed E-state index contributed by atoms with van der Waals surface area (Å²) in [4.78, 5) is 103. The molecule has 0 radical (unpaired) electrons. The molecule has 0 aromatic carbocycles. The number of aromatic amines is 2. The first-order chi connectivity index (χ1) is 35.7. The molecule has 40 heteroatoms. The summed E-state index contributed by atoms with van der Waals surface area (Å²) in [6.45, 7) is -1.78. The molecule has 0 spiro atoms. The van der Waals surface area contributed by atoms with Crippen molar-refractivity contribution >= 4 is 64.9 Å². The van der Waals surface area contributed by atoms with E-state index in [0.29, 0.717) is 10.8 Å². The Labute approximate surface area is 424 Å². The minimum atomic E-state index is -5.73. The molecule has 0 aliphatic carbocycles. The predicted octanol–water partition coefficient (Wildman–Crippen LogP) is -3.59. The summed E-state index contributed by atoms with van der Waals surface area (Å²) >= 11 is 0. The zero-order chi connectivity index (χ0) is 55.2. The Balaban J connectivity index is 0.930. The number of ether oxygens (including phenoxy) is 5. The number of hydrogen-bond acceptors (Lipinski definition) is 27. The Hall–Kier alpha value is -5.16. The Morgan fingerprint density at radius 3 is 2.34 bits per heavy atom. The molecule has 0 saturated carbocycles. The first kappa shape index (κ1) is 57.0. The van der Waals surface area contributed by atoms with Crippen LogP contribution in [-0.4, -0.2) is 163 Å². The fourth-order valence-electron chi connectivity index (χ4n) is 8.49. The van der Waals surface area contributed by atoms with E-state index in [2.05, 4.69) is 29.2 Å². The number of phosphoric acid groups is 2. The van der Waals surface area contributed by atoms with Crippen LogP contribution in [0.2, 0.25) is 0 Å². The molecule has 12 N–H and O–H groups in total. The highest BCUT2D eigenvalue weighted by molar-refractivity contribution is 7.64. The van der Waals surface area contributed by atoms with E-state index in [1.165, 1.54) is 34.2 Å². The lowest BCUT2D eigenvalue weighted by Crippen LogP contribution is -2.45. The van der Waals surface area contributed by atoms with Crippen LogP contribution in [0.25, 0.3) is 22.3 Å². The van der Waals surface area contributed by atoms with Crippen molar-refractivity contribution in [3.05, 3.63) is 74.5 Å². The molecule has 3 fully saturated rings. The van der Waals surface area contributed by atoms with Gasteiger partial charge in [0.15, 0.2) is 29.8 Å². The summed E-state index contributed by atoms with van der Waals surface area (Å²) < 4.78 is 111. The first-order valence-corrected chi connectivity index (χ1v) is 28.6. The molecule has 418 valence electrons. The second kappa shape index (κ2) is 22.3. The van der Waals surface area contributed by atoms with Crippen LogP contribution in [0.15, 0.2) is 57.7 Å². The van der Waals surface area contributed by atoms with E-state index in [4.69, 9.17) is 53.2 Å². The largest absolute Gasteiger partial charge is 0.746 e. The van der Waals surface area contributed by atoms with Gasteiger partial charge in [0.25, 0.3) is 17.1 Å². The molecule has 5 aromatic heterocycles. The molecule has 4 unspecified atom stereocenters. The van der Waals surface area contributed by atoms with Crippen molar-refractivity contribution < 1.29 is 104 Å². The van der Waals surface area contributed by atoms with E-state index in [1.807, 2.05) is 4.98 Å². The number of anilines is 2. The molecule has 76 heavy (non-hydrogen) atoms. The zero-order valence-corrected chi connectivity index (χ0v) is 43.2. The second-order valence-corrected chi connectivity index (χ2v) is 23.9. The average Bonchev–Trinajstić information content (AvgIpc) is 4.17. The minimum absolute atomic E-state index is 0.0153. The molecule has 3 aliphatic heterocycles. The van der Waals surface area contributed by atoms with Crippen LogP contribution >= 0.6 is 30.8 Å². The van der Waals surface area contributed by atoms with Crippen molar-refractivity contribution in [1.29, 1.82) is 0 Å². The van der Waals surface area contributed by atoms with E-state index in [1.54, 1.807) is 0 Å². The number of nitrogens with one attached hydrogen (secondary N) is 2. The Bertz CT molecular complexity index is 3370. The van der Waals surface area contributed by atoms with Gasteiger partial charge in [-0.25, -0.2) is 33.2 Å². The van der Waals surface area contributed by atoms with Crippen LogP contribution in [0.3, 0.4) is 0 Å². The number of aliphatic hydroxyl groups is 3. The number of phosphoric ester groups is 2. The highest BCUT2D eigenvalue weighted by Gasteiger charge is 2.52. The van der Waals surface area contributed by atoms with Crippen LogP contribution in [-0.2, 0) is 71.4 Å². The molecular weight excluding hydrogens is 1110 g/mol.